The van der Waals surface area contributed by atoms with Crippen LogP contribution in [0.15, 0.2) is 18.2 Å². The summed E-state index contributed by atoms with van der Waals surface area (Å²) in [5.74, 6) is -0.761. The number of amides is 1. The third-order valence-electron chi connectivity index (χ3n) is 5.96. The molecule has 3 aliphatic rings. The molecule has 144 valence electrons. The third-order valence-corrected chi connectivity index (χ3v) is 5.96. The van der Waals surface area contributed by atoms with Crippen LogP contribution < -0.4 is 5.32 Å². The number of carbonyl (C=O) groups excluding carboxylic acids is 1. The normalized spacial score (nSPS) is 23.3. The molecule has 1 amide bonds. The maximum Gasteiger partial charge on any atom is 0.274 e. The molecule has 2 fully saturated rings. The number of hydrogen-bond acceptors (Lipinski definition) is 3. The van der Waals surface area contributed by atoms with Crippen LogP contribution >= 0.6 is 12.4 Å². The number of fused-ring (bicyclic) bond motifs is 2. The zero-order valence-electron chi connectivity index (χ0n) is 14.8. The van der Waals surface area contributed by atoms with Crippen LogP contribution in [0.4, 0.5) is 8.78 Å². The molecule has 0 radical (unpaired) electrons. The van der Waals surface area contributed by atoms with Crippen molar-refractivity contribution in [2.75, 3.05) is 26.2 Å². The summed E-state index contributed by atoms with van der Waals surface area (Å²) in [6.45, 7) is 3.47. The van der Waals surface area contributed by atoms with Crippen LogP contribution in [0, 0.1) is 23.5 Å². The van der Waals surface area contributed by atoms with Crippen molar-refractivity contribution in [3.63, 3.8) is 0 Å². The lowest BCUT2D eigenvalue weighted by atomic mass is 10.0. The van der Waals surface area contributed by atoms with E-state index in [-0.39, 0.29) is 18.3 Å². The molecule has 3 heterocycles. The summed E-state index contributed by atoms with van der Waals surface area (Å²) in [4.78, 5) is 15.0. The van der Waals surface area contributed by atoms with E-state index in [1.54, 1.807) is 4.68 Å². The van der Waals surface area contributed by atoms with Gasteiger partial charge in [-0.2, -0.15) is 5.10 Å². The first-order valence-electron chi connectivity index (χ1n) is 9.18. The standard InChI is InChI=1S/C19H20F2N4O.ClH/c20-15-5-4-13(6-16(15)21)25-17-3-1-2-14(17)18(23-25)19(26)24-9-11-7-22-8-12(11)10-24;/h4-6,11-12,22H,1-3,7-10H2;1H/t11-,12+;. The van der Waals surface area contributed by atoms with Crippen LogP contribution in [0.3, 0.4) is 0 Å². The van der Waals surface area contributed by atoms with Gasteiger partial charge < -0.3 is 10.2 Å². The minimum atomic E-state index is -0.905. The van der Waals surface area contributed by atoms with Gasteiger partial charge in [0.1, 0.15) is 0 Å². The van der Waals surface area contributed by atoms with E-state index < -0.39 is 11.6 Å². The Morgan fingerprint density at radius 1 is 1.11 bits per heavy atom. The third kappa shape index (κ3) is 2.93. The fourth-order valence-electron chi connectivity index (χ4n) is 4.61. The maximum absolute atomic E-state index is 13.7. The largest absolute Gasteiger partial charge is 0.337 e. The van der Waals surface area contributed by atoms with E-state index in [0.717, 1.165) is 68.8 Å². The fraction of sp³-hybridized carbons (Fsp3) is 0.474. The Morgan fingerprint density at radius 2 is 1.85 bits per heavy atom. The summed E-state index contributed by atoms with van der Waals surface area (Å²) >= 11 is 0. The molecule has 2 aromatic rings. The summed E-state index contributed by atoms with van der Waals surface area (Å²) in [5, 5.41) is 7.91. The first-order chi connectivity index (χ1) is 12.6. The maximum atomic E-state index is 13.7. The highest BCUT2D eigenvalue weighted by Crippen LogP contribution is 2.32. The summed E-state index contributed by atoms with van der Waals surface area (Å²) in [7, 11) is 0. The van der Waals surface area contributed by atoms with E-state index in [2.05, 4.69) is 10.4 Å². The molecule has 0 bridgehead atoms. The predicted molar refractivity (Wildman–Crippen MR) is 98.5 cm³/mol. The van der Waals surface area contributed by atoms with Crippen LogP contribution in [0.1, 0.15) is 28.2 Å². The van der Waals surface area contributed by atoms with Crippen molar-refractivity contribution in [1.29, 1.82) is 0 Å². The van der Waals surface area contributed by atoms with Crippen molar-refractivity contribution in [2.24, 2.45) is 11.8 Å². The Bertz CT molecular complexity index is 888. The summed E-state index contributed by atoms with van der Waals surface area (Å²) in [6, 6.07) is 3.75. The summed E-state index contributed by atoms with van der Waals surface area (Å²) in [5.41, 5.74) is 2.86. The molecule has 2 atom stereocenters. The van der Waals surface area contributed by atoms with Gasteiger partial charge in [0.2, 0.25) is 0 Å². The number of hydrogen-bond donors (Lipinski definition) is 1. The quantitative estimate of drug-likeness (QED) is 0.850. The SMILES string of the molecule is Cl.O=C(c1nn(-c2ccc(F)c(F)c2)c2c1CCC2)N1C[C@H]2CNC[C@H]2C1. The lowest BCUT2D eigenvalue weighted by molar-refractivity contribution is 0.0774. The molecule has 0 saturated carbocycles. The van der Waals surface area contributed by atoms with Crippen molar-refractivity contribution >= 4 is 18.3 Å². The lowest BCUT2D eigenvalue weighted by Gasteiger charge is -2.16. The minimum absolute atomic E-state index is 0. The van der Waals surface area contributed by atoms with Crippen LogP contribution in [0.5, 0.6) is 0 Å². The average Bonchev–Trinajstić information content (AvgIpc) is 3.36. The Kier molecular flexibility index (Phi) is 4.68. The number of rotatable bonds is 2. The Balaban J connectivity index is 0.00000180. The monoisotopic (exact) mass is 394 g/mol. The number of likely N-dealkylation sites (tertiary alicyclic amines) is 1. The van der Waals surface area contributed by atoms with Crippen molar-refractivity contribution in [3.8, 4) is 5.69 Å². The van der Waals surface area contributed by atoms with Crippen LogP contribution in [-0.2, 0) is 12.8 Å². The van der Waals surface area contributed by atoms with Gasteiger partial charge in [0.05, 0.1) is 5.69 Å². The zero-order valence-corrected chi connectivity index (χ0v) is 15.6. The summed E-state index contributed by atoms with van der Waals surface area (Å²) in [6.07, 6.45) is 2.55. The lowest BCUT2D eigenvalue weighted by Crippen LogP contribution is -2.32. The van der Waals surface area contributed by atoms with Crippen molar-refractivity contribution in [3.05, 3.63) is 46.8 Å². The van der Waals surface area contributed by atoms with Gasteiger partial charge in [-0.05, 0) is 43.2 Å². The van der Waals surface area contributed by atoms with Gasteiger partial charge >= 0.3 is 0 Å². The van der Waals surface area contributed by atoms with Crippen LogP contribution in [-0.4, -0.2) is 46.8 Å². The van der Waals surface area contributed by atoms with E-state index in [1.807, 2.05) is 4.90 Å². The molecule has 1 N–H and O–H groups in total. The molecular formula is C19H21ClF2N4O. The number of benzene rings is 1. The number of carbonyl (C=O) groups is 1. The molecule has 5 nitrogen and oxygen atoms in total. The average molecular weight is 395 g/mol. The molecule has 8 heteroatoms. The van der Waals surface area contributed by atoms with Gasteiger partial charge in [-0.3, -0.25) is 4.79 Å². The Labute approximate surface area is 162 Å². The second-order valence-corrected chi connectivity index (χ2v) is 7.53. The van der Waals surface area contributed by atoms with Crippen LogP contribution in [0.2, 0.25) is 0 Å². The van der Waals surface area contributed by atoms with E-state index in [4.69, 9.17) is 0 Å². The second-order valence-electron chi connectivity index (χ2n) is 7.53. The van der Waals surface area contributed by atoms with Crippen molar-refractivity contribution < 1.29 is 13.6 Å². The van der Waals surface area contributed by atoms with Gasteiger partial charge in [0.15, 0.2) is 17.3 Å². The molecule has 27 heavy (non-hydrogen) atoms. The van der Waals surface area contributed by atoms with Crippen molar-refractivity contribution in [1.82, 2.24) is 20.0 Å². The smallest absolute Gasteiger partial charge is 0.274 e. The number of halogens is 3. The van der Waals surface area contributed by atoms with Crippen LogP contribution in [0.25, 0.3) is 5.69 Å². The van der Waals surface area contributed by atoms with Gasteiger partial charge in [-0.1, -0.05) is 0 Å². The van der Waals surface area contributed by atoms with Gasteiger partial charge in [-0.15, -0.1) is 12.4 Å². The zero-order chi connectivity index (χ0) is 17.8. The Hall–Kier alpha value is -1.99. The Morgan fingerprint density at radius 3 is 2.56 bits per heavy atom. The minimum Gasteiger partial charge on any atom is -0.337 e. The topological polar surface area (TPSA) is 50.2 Å². The highest BCUT2D eigenvalue weighted by Gasteiger charge is 2.40. The van der Waals surface area contributed by atoms with E-state index >= 15 is 0 Å². The van der Waals surface area contributed by atoms with E-state index in [1.165, 1.54) is 6.07 Å². The second kappa shape index (κ2) is 6.87. The molecular weight excluding hydrogens is 374 g/mol. The molecule has 0 spiro atoms. The number of aromatic nitrogens is 2. The molecule has 1 aromatic carbocycles. The molecule has 1 aliphatic carbocycles. The highest BCUT2D eigenvalue weighted by molar-refractivity contribution is 5.94. The van der Waals surface area contributed by atoms with E-state index in [9.17, 15) is 13.6 Å². The highest BCUT2D eigenvalue weighted by atomic mass is 35.5. The predicted octanol–water partition coefficient (Wildman–Crippen LogP) is 2.35. The molecule has 0 unspecified atom stereocenters. The van der Waals surface area contributed by atoms with Crippen molar-refractivity contribution in [2.45, 2.75) is 19.3 Å². The van der Waals surface area contributed by atoms with Gasteiger partial charge in [0.25, 0.3) is 5.91 Å². The number of nitrogens with zero attached hydrogens (tertiary/aromatic N) is 3. The number of nitrogens with one attached hydrogen (secondary N) is 1. The fourth-order valence-corrected chi connectivity index (χ4v) is 4.61. The van der Waals surface area contributed by atoms with Gasteiger partial charge in [-0.25, -0.2) is 13.5 Å². The molecule has 2 aliphatic heterocycles. The van der Waals surface area contributed by atoms with Gasteiger partial charge in [0, 0.05) is 43.5 Å². The summed E-state index contributed by atoms with van der Waals surface area (Å²) < 4.78 is 28.6. The molecule has 2 saturated heterocycles. The first kappa shape index (κ1) is 18.4. The molecule has 1 aromatic heterocycles. The van der Waals surface area contributed by atoms with E-state index in [0.29, 0.717) is 23.2 Å². The first-order valence-corrected chi connectivity index (χ1v) is 9.18. The molecule has 5 rings (SSSR count).